The lowest BCUT2D eigenvalue weighted by molar-refractivity contribution is 0.0568. The minimum Gasteiger partial charge on any atom is -0.478 e. The number of carboxylic acid groups (broad SMARTS) is 1. The highest BCUT2D eigenvalue weighted by molar-refractivity contribution is 7.89. The summed E-state index contributed by atoms with van der Waals surface area (Å²) in [7, 11) is -3.85. The maximum atomic E-state index is 12.2. The lowest BCUT2D eigenvalue weighted by Crippen LogP contribution is -2.33. The number of rotatable bonds is 5. The zero-order valence-corrected chi connectivity index (χ0v) is 12.8. The number of carboxylic acids is 1. The SMILES string of the molecule is O=C(O)c1ccc(Cl)c(S(=O)(=O)NCC2CCCOC2)c1. The molecule has 1 heterocycles. The highest BCUT2D eigenvalue weighted by atomic mass is 35.5. The van der Waals surface area contributed by atoms with Crippen LogP contribution in [0.5, 0.6) is 0 Å². The van der Waals surface area contributed by atoms with Gasteiger partial charge in [-0.1, -0.05) is 11.6 Å². The summed E-state index contributed by atoms with van der Waals surface area (Å²) < 4.78 is 32.2. The predicted octanol–water partition coefficient (Wildman–Crippen LogP) is 1.74. The Bertz CT molecular complexity index is 625. The fourth-order valence-corrected chi connectivity index (χ4v) is 3.76. The van der Waals surface area contributed by atoms with Crippen LogP contribution in [0.1, 0.15) is 23.2 Å². The summed E-state index contributed by atoms with van der Waals surface area (Å²) >= 11 is 5.87. The number of nitrogens with one attached hydrogen (secondary N) is 1. The zero-order valence-electron chi connectivity index (χ0n) is 11.2. The topological polar surface area (TPSA) is 92.7 Å². The van der Waals surface area contributed by atoms with E-state index in [0.717, 1.165) is 18.9 Å². The van der Waals surface area contributed by atoms with E-state index >= 15 is 0 Å². The third kappa shape index (κ3) is 4.16. The molecule has 1 unspecified atom stereocenters. The van der Waals surface area contributed by atoms with Crippen molar-refractivity contribution in [3.63, 3.8) is 0 Å². The molecule has 1 aromatic carbocycles. The van der Waals surface area contributed by atoms with E-state index in [-0.39, 0.29) is 27.9 Å². The first kappa shape index (κ1) is 16.2. The molecule has 1 aliphatic rings. The summed E-state index contributed by atoms with van der Waals surface area (Å²) in [5, 5.41) is 8.92. The number of hydrogen-bond acceptors (Lipinski definition) is 4. The van der Waals surface area contributed by atoms with E-state index in [0.29, 0.717) is 13.2 Å². The van der Waals surface area contributed by atoms with E-state index in [1.807, 2.05) is 0 Å². The van der Waals surface area contributed by atoms with Crippen molar-refractivity contribution in [3.05, 3.63) is 28.8 Å². The smallest absolute Gasteiger partial charge is 0.335 e. The van der Waals surface area contributed by atoms with E-state index in [1.165, 1.54) is 12.1 Å². The third-order valence-corrected chi connectivity index (χ3v) is 5.19. The molecule has 1 fully saturated rings. The van der Waals surface area contributed by atoms with Gasteiger partial charge >= 0.3 is 5.97 Å². The number of benzene rings is 1. The second kappa shape index (κ2) is 6.74. The minimum atomic E-state index is -3.85. The van der Waals surface area contributed by atoms with Gasteiger partial charge in [-0.2, -0.15) is 0 Å². The van der Waals surface area contributed by atoms with Crippen LogP contribution in [-0.2, 0) is 14.8 Å². The van der Waals surface area contributed by atoms with Crippen LogP contribution in [0.15, 0.2) is 23.1 Å². The van der Waals surface area contributed by atoms with Gasteiger partial charge in [-0.3, -0.25) is 0 Å². The average Bonchev–Trinajstić information content (AvgIpc) is 2.46. The fourth-order valence-electron chi connectivity index (χ4n) is 2.12. The van der Waals surface area contributed by atoms with Gasteiger partial charge in [0.2, 0.25) is 10.0 Å². The third-order valence-electron chi connectivity index (χ3n) is 3.28. The van der Waals surface area contributed by atoms with Crippen molar-refractivity contribution in [2.24, 2.45) is 5.92 Å². The zero-order chi connectivity index (χ0) is 15.5. The first-order valence-electron chi connectivity index (χ1n) is 6.50. The van der Waals surface area contributed by atoms with Crippen molar-refractivity contribution in [1.29, 1.82) is 0 Å². The van der Waals surface area contributed by atoms with Crippen molar-refractivity contribution in [1.82, 2.24) is 4.72 Å². The Balaban J connectivity index is 2.14. The number of ether oxygens (including phenoxy) is 1. The summed E-state index contributed by atoms with van der Waals surface area (Å²) in [6.07, 6.45) is 1.80. The van der Waals surface area contributed by atoms with Crippen LogP contribution in [0, 0.1) is 5.92 Å². The first-order chi connectivity index (χ1) is 9.90. The fraction of sp³-hybridized carbons (Fsp3) is 0.462. The maximum Gasteiger partial charge on any atom is 0.335 e. The summed E-state index contributed by atoms with van der Waals surface area (Å²) in [4.78, 5) is 10.7. The molecule has 2 N–H and O–H groups in total. The average molecular weight is 334 g/mol. The van der Waals surface area contributed by atoms with Crippen LogP contribution in [0.25, 0.3) is 0 Å². The van der Waals surface area contributed by atoms with Crippen LogP contribution in [0.2, 0.25) is 5.02 Å². The van der Waals surface area contributed by atoms with E-state index < -0.39 is 16.0 Å². The summed E-state index contributed by atoms with van der Waals surface area (Å²) in [5.41, 5.74) is -0.124. The lowest BCUT2D eigenvalue weighted by atomic mass is 10.0. The minimum absolute atomic E-state index is 0.00704. The van der Waals surface area contributed by atoms with Crippen LogP contribution < -0.4 is 4.72 Å². The molecule has 1 atom stereocenters. The molecule has 0 bridgehead atoms. The molecule has 0 aliphatic carbocycles. The summed E-state index contributed by atoms with van der Waals surface area (Å²) in [6, 6.07) is 3.59. The van der Waals surface area contributed by atoms with Crippen LogP contribution in [0.3, 0.4) is 0 Å². The Hall–Kier alpha value is -1.15. The van der Waals surface area contributed by atoms with Gasteiger partial charge in [-0.25, -0.2) is 17.9 Å². The number of halogens is 1. The number of aromatic carboxylic acids is 1. The van der Waals surface area contributed by atoms with Gasteiger partial charge in [0, 0.05) is 13.2 Å². The van der Waals surface area contributed by atoms with E-state index in [9.17, 15) is 13.2 Å². The predicted molar refractivity (Wildman–Crippen MR) is 77.1 cm³/mol. The molecule has 21 heavy (non-hydrogen) atoms. The Morgan fingerprint density at radius 2 is 2.24 bits per heavy atom. The highest BCUT2D eigenvalue weighted by Gasteiger charge is 2.22. The quantitative estimate of drug-likeness (QED) is 0.856. The Morgan fingerprint density at radius 3 is 2.86 bits per heavy atom. The molecule has 1 aromatic rings. The van der Waals surface area contributed by atoms with Crippen molar-refractivity contribution in [2.75, 3.05) is 19.8 Å². The van der Waals surface area contributed by atoms with Gasteiger partial charge < -0.3 is 9.84 Å². The molecule has 116 valence electrons. The van der Waals surface area contributed by atoms with Crippen LogP contribution >= 0.6 is 11.6 Å². The van der Waals surface area contributed by atoms with Crippen molar-refractivity contribution in [2.45, 2.75) is 17.7 Å². The van der Waals surface area contributed by atoms with Crippen molar-refractivity contribution >= 4 is 27.6 Å². The molecule has 2 rings (SSSR count). The van der Waals surface area contributed by atoms with Crippen LogP contribution in [-0.4, -0.2) is 39.3 Å². The highest BCUT2D eigenvalue weighted by Crippen LogP contribution is 2.23. The second-order valence-electron chi connectivity index (χ2n) is 4.89. The Kier molecular flexibility index (Phi) is 5.21. The van der Waals surface area contributed by atoms with E-state index in [2.05, 4.69) is 4.72 Å². The van der Waals surface area contributed by atoms with Gasteiger partial charge in [0.25, 0.3) is 0 Å². The van der Waals surface area contributed by atoms with Gasteiger partial charge in [0.1, 0.15) is 4.90 Å². The molecule has 0 aromatic heterocycles. The van der Waals surface area contributed by atoms with Gasteiger partial charge in [-0.15, -0.1) is 0 Å². The molecule has 0 saturated carbocycles. The van der Waals surface area contributed by atoms with Crippen molar-refractivity contribution in [3.8, 4) is 0 Å². The monoisotopic (exact) mass is 333 g/mol. The summed E-state index contributed by atoms with van der Waals surface area (Å²) in [5.74, 6) is -1.08. The Morgan fingerprint density at radius 1 is 1.48 bits per heavy atom. The van der Waals surface area contributed by atoms with Crippen molar-refractivity contribution < 1.29 is 23.1 Å². The standard InChI is InChI=1S/C13H16ClNO5S/c14-11-4-3-10(13(16)17)6-12(11)21(18,19)15-7-9-2-1-5-20-8-9/h3-4,6,9,15H,1-2,5,7-8H2,(H,16,17). The molecule has 1 saturated heterocycles. The van der Waals surface area contributed by atoms with Gasteiger partial charge in [-0.05, 0) is 37.0 Å². The lowest BCUT2D eigenvalue weighted by Gasteiger charge is -2.22. The van der Waals surface area contributed by atoms with Gasteiger partial charge in [0.15, 0.2) is 0 Å². The summed E-state index contributed by atoms with van der Waals surface area (Å²) in [6.45, 7) is 1.47. The number of hydrogen-bond donors (Lipinski definition) is 2. The molecule has 0 amide bonds. The largest absolute Gasteiger partial charge is 0.478 e. The molecule has 0 spiro atoms. The maximum absolute atomic E-state index is 12.2. The normalized spacial score (nSPS) is 19.4. The molecule has 6 nitrogen and oxygen atoms in total. The second-order valence-corrected chi connectivity index (χ2v) is 7.03. The molecular weight excluding hydrogens is 318 g/mol. The molecule has 0 radical (unpaired) electrons. The Labute approximate surface area is 128 Å². The van der Waals surface area contributed by atoms with Gasteiger partial charge in [0.05, 0.1) is 17.2 Å². The molecule has 8 heteroatoms. The number of carbonyl (C=O) groups is 1. The molecular formula is C13H16ClNO5S. The first-order valence-corrected chi connectivity index (χ1v) is 8.36. The van der Waals surface area contributed by atoms with E-state index in [4.69, 9.17) is 21.4 Å². The van der Waals surface area contributed by atoms with Crippen LogP contribution in [0.4, 0.5) is 0 Å². The van der Waals surface area contributed by atoms with E-state index in [1.54, 1.807) is 0 Å². The molecule has 1 aliphatic heterocycles. The number of sulfonamides is 1.